The van der Waals surface area contributed by atoms with Crippen LogP contribution in [0.15, 0.2) is 52.9 Å². The number of carbonyl (C=O) groups is 1. The highest BCUT2D eigenvalue weighted by Crippen LogP contribution is 2.25. The van der Waals surface area contributed by atoms with Crippen molar-refractivity contribution in [2.24, 2.45) is 0 Å². The second-order valence-corrected chi connectivity index (χ2v) is 6.42. The standard InChI is InChI=1S/C22H23NO3/c1-14-12-19(25-13-18-8-6-5-7-9-18)10-11-20(14)23-22(24)21-15(2)16(3)26-17(21)4/h5-12H,13H2,1-4H3,(H,23,24). The summed E-state index contributed by atoms with van der Waals surface area (Å²) in [4.78, 5) is 12.6. The molecule has 1 N–H and O–H groups in total. The zero-order chi connectivity index (χ0) is 18.7. The molecule has 0 aliphatic heterocycles. The lowest BCUT2D eigenvalue weighted by atomic mass is 10.1. The Morgan fingerprint density at radius 1 is 1.00 bits per heavy atom. The third-order valence-corrected chi connectivity index (χ3v) is 4.48. The monoisotopic (exact) mass is 349 g/mol. The zero-order valence-electron chi connectivity index (χ0n) is 15.6. The molecule has 3 aromatic rings. The van der Waals surface area contributed by atoms with E-state index < -0.39 is 0 Å². The Labute approximate surface area is 153 Å². The fraction of sp³-hybridized carbons (Fsp3) is 0.227. The van der Waals surface area contributed by atoms with Crippen LogP contribution in [-0.4, -0.2) is 5.91 Å². The van der Waals surface area contributed by atoms with Crippen LogP contribution in [-0.2, 0) is 6.61 Å². The molecule has 0 aliphatic carbocycles. The van der Waals surface area contributed by atoms with Gasteiger partial charge in [0.1, 0.15) is 23.9 Å². The maximum absolute atomic E-state index is 12.6. The average Bonchev–Trinajstić information content (AvgIpc) is 2.88. The van der Waals surface area contributed by atoms with Gasteiger partial charge in [0.2, 0.25) is 0 Å². The van der Waals surface area contributed by atoms with Crippen LogP contribution in [0.2, 0.25) is 0 Å². The molecule has 4 heteroatoms. The predicted molar refractivity (Wildman–Crippen MR) is 103 cm³/mol. The van der Waals surface area contributed by atoms with Crippen LogP contribution < -0.4 is 10.1 Å². The van der Waals surface area contributed by atoms with Crippen molar-refractivity contribution < 1.29 is 13.9 Å². The van der Waals surface area contributed by atoms with Crippen LogP contribution in [0.5, 0.6) is 5.75 Å². The Bertz CT molecular complexity index is 926. The molecule has 0 saturated carbocycles. The molecule has 134 valence electrons. The molecule has 0 saturated heterocycles. The van der Waals surface area contributed by atoms with E-state index in [1.165, 1.54) is 0 Å². The fourth-order valence-electron chi connectivity index (χ4n) is 2.92. The molecular weight excluding hydrogens is 326 g/mol. The van der Waals surface area contributed by atoms with Crippen molar-refractivity contribution in [3.05, 3.63) is 82.3 Å². The quantitative estimate of drug-likeness (QED) is 0.676. The summed E-state index contributed by atoms with van der Waals surface area (Å²) in [6.45, 7) is 8.03. The molecular formula is C22H23NO3. The number of hydrogen-bond acceptors (Lipinski definition) is 3. The van der Waals surface area contributed by atoms with Crippen molar-refractivity contribution in [3.63, 3.8) is 0 Å². The smallest absolute Gasteiger partial charge is 0.259 e. The zero-order valence-corrected chi connectivity index (χ0v) is 15.6. The molecule has 0 fully saturated rings. The van der Waals surface area contributed by atoms with Gasteiger partial charge in [-0.1, -0.05) is 30.3 Å². The Balaban J connectivity index is 1.70. The molecule has 4 nitrogen and oxygen atoms in total. The van der Waals surface area contributed by atoms with Gasteiger partial charge in [0.25, 0.3) is 5.91 Å². The normalized spacial score (nSPS) is 10.6. The minimum absolute atomic E-state index is 0.155. The number of amides is 1. The van der Waals surface area contributed by atoms with E-state index in [0.717, 1.165) is 33.9 Å². The Hall–Kier alpha value is -3.01. The Morgan fingerprint density at radius 3 is 2.35 bits per heavy atom. The van der Waals surface area contributed by atoms with Gasteiger partial charge in [0.05, 0.1) is 5.56 Å². The summed E-state index contributed by atoms with van der Waals surface area (Å²) in [5.41, 5.74) is 4.30. The second-order valence-electron chi connectivity index (χ2n) is 6.42. The third kappa shape index (κ3) is 3.80. The molecule has 0 aliphatic rings. The maximum Gasteiger partial charge on any atom is 0.259 e. The highest BCUT2D eigenvalue weighted by Gasteiger charge is 2.19. The first-order valence-corrected chi connectivity index (χ1v) is 8.61. The summed E-state index contributed by atoms with van der Waals surface area (Å²) < 4.78 is 11.4. The number of rotatable bonds is 5. The minimum Gasteiger partial charge on any atom is -0.489 e. The van der Waals surface area contributed by atoms with E-state index in [4.69, 9.17) is 9.15 Å². The number of ether oxygens (including phenoxy) is 1. The predicted octanol–water partition coefficient (Wildman–Crippen LogP) is 5.34. The first-order valence-electron chi connectivity index (χ1n) is 8.61. The molecule has 26 heavy (non-hydrogen) atoms. The van der Waals surface area contributed by atoms with Crippen LogP contribution >= 0.6 is 0 Å². The largest absolute Gasteiger partial charge is 0.489 e. The molecule has 1 amide bonds. The lowest BCUT2D eigenvalue weighted by Gasteiger charge is -2.12. The van der Waals surface area contributed by atoms with Crippen molar-refractivity contribution in [2.75, 3.05) is 5.32 Å². The molecule has 0 atom stereocenters. The summed E-state index contributed by atoms with van der Waals surface area (Å²) in [5.74, 6) is 2.03. The van der Waals surface area contributed by atoms with Crippen LogP contribution in [0.3, 0.4) is 0 Å². The molecule has 0 spiro atoms. The van der Waals surface area contributed by atoms with Crippen molar-refractivity contribution in [2.45, 2.75) is 34.3 Å². The Morgan fingerprint density at radius 2 is 1.73 bits per heavy atom. The number of hydrogen-bond donors (Lipinski definition) is 1. The van der Waals surface area contributed by atoms with Gasteiger partial charge in [0, 0.05) is 11.3 Å². The highest BCUT2D eigenvalue weighted by atomic mass is 16.5. The number of nitrogens with one attached hydrogen (secondary N) is 1. The molecule has 3 rings (SSSR count). The van der Waals surface area contributed by atoms with Crippen molar-refractivity contribution >= 4 is 11.6 Å². The molecule has 1 heterocycles. The second kappa shape index (κ2) is 7.48. The van der Waals surface area contributed by atoms with Gasteiger partial charge in [-0.05, 0) is 57.0 Å². The SMILES string of the molecule is Cc1cc(OCc2ccccc2)ccc1NC(=O)c1c(C)oc(C)c1C. The van der Waals surface area contributed by atoms with Gasteiger partial charge in [-0.3, -0.25) is 4.79 Å². The van der Waals surface area contributed by atoms with Crippen LogP contribution in [0.1, 0.15) is 38.6 Å². The average molecular weight is 349 g/mol. The van der Waals surface area contributed by atoms with Gasteiger partial charge < -0.3 is 14.5 Å². The van der Waals surface area contributed by atoms with E-state index >= 15 is 0 Å². The summed E-state index contributed by atoms with van der Waals surface area (Å²) in [6.07, 6.45) is 0. The van der Waals surface area contributed by atoms with E-state index in [1.807, 2.05) is 76.2 Å². The number of carbonyl (C=O) groups excluding carboxylic acids is 1. The van der Waals surface area contributed by atoms with Gasteiger partial charge >= 0.3 is 0 Å². The highest BCUT2D eigenvalue weighted by molar-refractivity contribution is 6.06. The lowest BCUT2D eigenvalue weighted by molar-refractivity contribution is 0.102. The Kier molecular flexibility index (Phi) is 5.12. The maximum atomic E-state index is 12.6. The van der Waals surface area contributed by atoms with E-state index in [2.05, 4.69) is 5.32 Å². The van der Waals surface area contributed by atoms with Crippen molar-refractivity contribution in [3.8, 4) is 5.75 Å². The van der Waals surface area contributed by atoms with Gasteiger partial charge in [-0.25, -0.2) is 0 Å². The van der Waals surface area contributed by atoms with Crippen LogP contribution in [0.4, 0.5) is 5.69 Å². The van der Waals surface area contributed by atoms with Crippen LogP contribution in [0, 0.1) is 27.7 Å². The number of benzene rings is 2. The van der Waals surface area contributed by atoms with Gasteiger partial charge in [-0.2, -0.15) is 0 Å². The lowest BCUT2D eigenvalue weighted by Crippen LogP contribution is -2.14. The van der Waals surface area contributed by atoms with E-state index in [0.29, 0.717) is 17.9 Å². The molecule has 1 aromatic heterocycles. The minimum atomic E-state index is -0.155. The van der Waals surface area contributed by atoms with E-state index in [9.17, 15) is 4.79 Å². The molecule has 0 bridgehead atoms. The van der Waals surface area contributed by atoms with Crippen molar-refractivity contribution in [1.82, 2.24) is 0 Å². The first kappa shape index (κ1) is 17.8. The summed E-state index contributed by atoms with van der Waals surface area (Å²) >= 11 is 0. The van der Waals surface area contributed by atoms with E-state index in [-0.39, 0.29) is 5.91 Å². The molecule has 2 aromatic carbocycles. The van der Waals surface area contributed by atoms with E-state index in [1.54, 1.807) is 0 Å². The number of anilines is 1. The third-order valence-electron chi connectivity index (χ3n) is 4.48. The number of furan rings is 1. The van der Waals surface area contributed by atoms with Gasteiger partial charge in [-0.15, -0.1) is 0 Å². The summed E-state index contributed by atoms with van der Waals surface area (Å²) in [5, 5.41) is 2.97. The van der Waals surface area contributed by atoms with Crippen LogP contribution in [0.25, 0.3) is 0 Å². The summed E-state index contributed by atoms with van der Waals surface area (Å²) in [6, 6.07) is 15.7. The molecule has 0 unspecified atom stereocenters. The first-order chi connectivity index (χ1) is 12.5. The number of aryl methyl sites for hydroxylation is 3. The van der Waals surface area contributed by atoms with Crippen molar-refractivity contribution in [1.29, 1.82) is 0 Å². The topological polar surface area (TPSA) is 51.5 Å². The van der Waals surface area contributed by atoms with Gasteiger partial charge in [0.15, 0.2) is 0 Å². The summed E-state index contributed by atoms with van der Waals surface area (Å²) in [7, 11) is 0. The fourth-order valence-corrected chi connectivity index (χ4v) is 2.92. The molecule has 0 radical (unpaired) electrons.